The van der Waals surface area contributed by atoms with Crippen LogP contribution in [0, 0.1) is 11.7 Å². The van der Waals surface area contributed by atoms with Gasteiger partial charge < -0.3 is 10.4 Å². The van der Waals surface area contributed by atoms with Crippen molar-refractivity contribution in [3.8, 4) is 0 Å². The second-order valence-corrected chi connectivity index (χ2v) is 5.54. The minimum atomic E-state index is -0.690. The van der Waals surface area contributed by atoms with Gasteiger partial charge in [0.1, 0.15) is 5.82 Å². The van der Waals surface area contributed by atoms with Crippen LogP contribution >= 0.6 is 0 Å². The number of carbonyl (C=O) groups is 1. The van der Waals surface area contributed by atoms with Crippen LogP contribution in [0.4, 0.5) is 4.39 Å². The third-order valence-electron chi connectivity index (χ3n) is 4.20. The molecule has 0 radical (unpaired) electrons. The highest BCUT2D eigenvalue weighted by atomic mass is 19.1. The Hall–Kier alpha value is -1.42. The van der Waals surface area contributed by atoms with Crippen LogP contribution in [-0.2, 0) is 4.79 Å². The summed E-state index contributed by atoms with van der Waals surface area (Å²) in [5.74, 6) is -1.07. The number of nitrogens with one attached hydrogen (secondary N) is 1. The lowest BCUT2D eigenvalue weighted by molar-refractivity contribution is -0.142. The predicted molar refractivity (Wildman–Crippen MR) is 75.9 cm³/mol. The van der Waals surface area contributed by atoms with Crippen molar-refractivity contribution in [2.45, 2.75) is 51.1 Å². The van der Waals surface area contributed by atoms with E-state index < -0.39 is 5.97 Å². The Morgan fingerprint density at radius 2 is 2.00 bits per heavy atom. The van der Waals surface area contributed by atoms with E-state index in [-0.39, 0.29) is 23.8 Å². The topological polar surface area (TPSA) is 49.3 Å². The van der Waals surface area contributed by atoms with Gasteiger partial charge in [-0.1, -0.05) is 25.1 Å². The van der Waals surface area contributed by atoms with Crippen molar-refractivity contribution in [3.63, 3.8) is 0 Å². The maximum atomic E-state index is 13.8. The summed E-state index contributed by atoms with van der Waals surface area (Å²) in [6, 6.07) is 7.14. The predicted octanol–water partition coefficient (Wildman–Crippen LogP) is 3.51. The van der Waals surface area contributed by atoms with Gasteiger partial charge in [0.25, 0.3) is 0 Å². The molecule has 0 aromatic heterocycles. The molecule has 20 heavy (non-hydrogen) atoms. The fourth-order valence-electron chi connectivity index (χ4n) is 2.98. The van der Waals surface area contributed by atoms with Gasteiger partial charge in [-0.05, 0) is 38.2 Å². The number of hydrogen-bond donors (Lipinski definition) is 2. The van der Waals surface area contributed by atoms with Gasteiger partial charge >= 0.3 is 5.97 Å². The Morgan fingerprint density at radius 3 is 2.55 bits per heavy atom. The molecule has 0 aliphatic heterocycles. The van der Waals surface area contributed by atoms with E-state index in [0.29, 0.717) is 18.4 Å². The van der Waals surface area contributed by atoms with Gasteiger partial charge in [-0.15, -0.1) is 0 Å². The quantitative estimate of drug-likeness (QED) is 0.867. The van der Waals surface area contributed by atoms with Crippen molar-refractivity contribution in [2.24, 2.45) is 5.92 Å². The lowest BCUT2D eigenvalue weighted by Gasteiger charge is -2.30. The lowest BCUT2D eigenvalue weighted by atomic mass is 9.85. The van der Waals surface area contributed by atoms with Crippen LogP contribution < -0.4 is 5.32 Å². The molecule has 1 unspecified atom stereocenters. The van der Waals surface area contributed by atoms with Crippen molar-refractivity contribution in [1.29, 1.82) is 0 Å². The van der Waals surface area contributed by atoms with E-state index in [1.807, 2.05) is 19.1 Å². The molecule has 2 rings (SSSR count). The zero-order valence-electron chi connectivity index (χ0n) is 11.8. The molecule has 1 aromatic carbocycles. The Kier molecular flexibility index (Phi) is 5.12. The summed E-state index contributed by atoms with van der Waals surface area (Å²) in [5, 5.41) is 12.5. The average Bonchev–Trinajstić information content (AvgIpc) is 2.46. The molecule has 0 saturated heterocycles. The Morgan fingerprint density at radius 1 is 1.35 bits per heavy atom. The highest BCUT2D eigenvalue weighted by molar-refractivity contribution is 5.70. The first-order chi connectivity index (χ1) is 9.61. The van der Waals surface area contributed by atoms with E-state index in [0.717, 1.165) is 19.3 Å². The largest absolute Gasteiger partial charge is 0.481 e. The highest BCUT2D eigenvalue weighted by Gasteiger charge is 2.27. The van der Waals surface area contributed by atoms with Crippen LogP contribution in [0.3, 0.4) is 0 Å². The smallest absolute Gasteiger partial charge is 0.306 e. The third kappa shape index (κ3) is 3.57. The average molecular weight is 279 g/mol. The number of carboxylic acid groups (broad SMARTS) is 1. The molecule has 0 spiro atoms. The van der Waals surface area contributed by atoms with E-state index in [1.165, 1.54) is 6.07 Å². The number of hydrogen-bond acceptors (Lipinski definition) is 2. The van der Waals surface area contributed by atoms with Crippen LogP contribution in [0.15, 0.2) is 24.3 Å². The summed E-state index contributed by atoms with van der Waals surface area (Å²) in [4.78, 5) is 10.9. The molecule has 1 aliphatic rings. The van der Waals surface area contributed by atoms with Crippen LogP contribution in [-0.4, -0.2) is 17.1 Å². The fourth-order valence-corrected chi connectivity index (χ4v) is 2.98. The molecule has 110 valence electrons. The highest BCUT2D eigenvalue weighted by Crippen LogP contribution is 2.28. The van der Waals surface area contributed by atoms with Crippen LogP contribution in [0.2, 0.25) is 0 Å². The summed E-state index contributed by atoms with van der Waals surface area (Å²) in [5.41, 5.74) is 0.704. The second-order valence-electron chi connectivity index (χ2n) is 5.54. The monoisotopic (exact) mass is 279 g/mol. The number of carboxylic acids is 1. The molecule has 1 aromatic rings. The first kappa shape index (κ1) is 15.0. The van der Waals surface area contributed by atoms with E-state index >= 15 is 0 Å². The van der Waals surface area contributed by atoms with Crippen molar-refractivity contribution in [2.75, 3.05) is 0 Å². The van der Waals surface area contributed by atoms with E-state index in [9.17, 15) is 9.18 Å². The zero-order valence-corrected chi connectivity index (χ0v) is 11.8. The molecule has 3 nitrogen and oxygen atoms in total. The maximum absolute atomic E-state index is 13.8. The number of halogens is 1. The minimum Gasteiger partial charge on any atom is -0.481 e. The van der Waals surface area contributed by atoms with E-state index in [2.05, 4.69) is 5.32 Å². The standard InChI is InChI=1S/C16H22FNO2/c1-2-15(13-5-3-4-6-14(13)17)18-12-9-7-11(8-10-12)16(19)20/h3-6,11-12,15,18H,2,7-10H2,1H3,(H,19,20). The van der Waals surface area contributed by atoms with Crippen LogP contribution in [0.1, 0.15) is 50.6 Å². The maximum Gasteiger partial charge on any atom is 0.306 e. The molecule has 1 fully saturated rings. The second kappa shape index (κ2) is 6.84. The van der Waals surface area contributed by atoms with Crippen molar-refractivity contribution in [3.05, 3.63) is 35.6 Å². The SMILES string of the molecule is CCC(NC1CCC(C(=O)O)CC1)c1ccccc1F. The summed E-state index contributed by atoms with van der Waals surface area (Å²) in [7, 11) is 0. The molecule has 4 heteroatoms. The fraction of sp³-hybridized carbons (Fsp3) is 0.562. The molecule has 1 atom stereocenters. The lowest BCUT2D eigenvalue weighted by Crippen LogP contribution is -2.37. The van der Waals surface area contributed by atoms with Gasteiger partial charge in [-0.3, -0.25) is 4.79 Å². The molecular weight excluding hydrogens is 257 g/mol. The first-order valence-electron chi connectivity index (χ1n) is 7.35. The molecule has 1 aliphatic carbocycles. The van der Waals surface area contributed by atoms with Crippen molar-refractivity contribution in [1.82, 2.24) is 5.32 Å². The molecule has 0 bridgehead atoms. The van der Waals surface area contributed by atoms with Crippen LogP contribution in [0.5, 0.6) is 0 Å². The summed E-state index contributed by atoms with van der Waals surface area (Å²) < 4.78 is 13.8. The third-order valence-corrected chi connectivity index (χ3v) is 4.20. The minimum absolute atomic E-state index is 0.00239. The Balaban J connectivity index is 1.95. The molecular formula is C16H22FNO2. The van der Waals surface area contributed by atoms with Gasteiger partial charge in [0, 0.05) is 17.6 Å². The van der Waals surface area contributed by atoms with Crippen LogP contribution in [0.25, 0.3) is 0 Å². The van der Waals surface area contributed by atoms with Gasteiger partial charge in [-0.2, -0.15) is 0 Å². The summed E-state index contributed by atoms with van der Waals surface area (Å²) in [6.45, 7) is 2.03. The molecule has 0 heterocycles. The van der Waals surface area contributed by atoms with E-state index in [1.54, 1.807) is 6.07 Å². The summed E-state index contributed by atoms with van der Waals surface area (Å²) >= 11 is 0. The Bertz CT molecular complexity index is 456. The Labute approximate surface area is 119 Å². The van der Waals surface area contributed by atoms with Gasteiger partial charge in [0.15, 0.2) is 0 Å². The summed E-state index contributed by atoms with van der Waals surface area (Å²) in [6.07, 6.45) is 3.94. The van der Waals surface area contributed by atoms with Gasteiger partial charge in [0.2, 0.25) is 0 Å². The first-order valence-corrected chi connectivity index (χ1v) is 7.35. The van der Waals surface area contributed by atoms with Crippen molar-refractivity contribution < 1.29 is 14.3 Å². The van der Waals surface area contributed by atoms with Crippen molar-refractivity contribution >= 4 is 5.97 Å². The molecule has 2 N–H and O–H groups in total. The number of rotatable bonds is 5. The van der Waals surface area contributed by atoms with Gasteiger partial charge in [-0.25, -0.2) is 4.39 Å². The molecule has 1 saturated carbocycles. The van der Waals surface area contributed by atoms with Gasteiger partial charge in [0.05, 0.1) is 5.92 Å². The number of aliphatic carboxylic acids is 1. The molecule has 0 amide bonds. The zero-order chi connectivity index (χ0) is 14.5. The number of benzene rings is 1. The normalized spacial score (nSPS) is 24.3. The van der Waals surface area contributed by atoms with E-state index in [4.69, 9.17) is 5.11 Å².